The number of nitrogens with one attached hydrogen (secondary N) is 1. The van der Waals surface area contributed by atoms with Gasteiger partial charge in [0.05, 0.1) is 14.5 Å². The van der Waals surface area contributed by atoms with Crippen molar-refractivity contribution in [1.82, 2.24) is 10.3 Å². The number of nitrogens with zero attached hydrogens (tertiary/aromatic N) is 1. The molecule has 5 heteroatoms. The summed E-state index contributed by atoms with van der Waals surface area (Å²) in [6, 6.07) is 4.68. The Morgan fingerprint density at radius 1 is 1.33 bits per heavy atom. The molecule has 2 aromatic rings. The molecule has 0 amide bonds. The summed E-state index contributed by atoms with van der Waals surface area (Å²) in [6.07, 6.45) is 1.08. The Hall–Kier alpha value is -0.230. The minimum Gasteiger partial charge on any atom is -0.309 e. The van der Waals surface area contributed by atoms with Gasteiger partial charge in [-0.3, -0.25) is 0 Å². The first-order valence-corrected chi connectivity index (χ1v) is 8.40. The number of hydrogen-bond acceptors (Lipinski definition) is 4. The zero-order valence-electron chi connectivity index (χ0n) is 10.8. The van der Waals surface area contributed by atoms with Crippen LogP contribution >= 0.6 is 38.6 Å². The summed E-state index contributed by atoms with van der Waals surface area (Å²) in [5.41, 5.74) is 1.16. The van der Waals surface area contributed by atoms with E-state index in [1.54, 1.807) is 11.3 Å². The second-order valence-electron chi connectivity index (χ2n) is 4.31. The van der Waals surface area contributed by atoms with Crippen LogP contribution in [0, 0.1) is 13.8 Å². The molecule has 0 aliphatic heterocycles. The minimum absolute atomic E-state index is 0.389. The average Bonchev–Trinajstić information content (AvgIpc) is 2.85. The first-order chi connectivity index (χ1) is 8.56. The second kappa shape index (κ2) is 6.28. The molecule has 0 aliphatic carbocycles. The van der Waals surface area contributed by atoms with Gasteiger partial charge in [-0.05, 0) is 55.3 Å². The van der Waals surface area contributed by atoms with Crippen molar-refractivity contribution in [3.63, 3.8) is 0 Å². The van der Waals surface area contributed by atoms with Crippen molar-refractivity contribution in [2.45, 2.75) is 33.2 Å². The van der Waals surface area contributed by atoms with E-state index in [-0.39, 0.29) is 0 Å². The molecule has 0 aromatic carbocycles. The van der Waals surface area contributed by atoms with Gasteiger partial charge in [0.2, 0.25) is 0 Å². The maximum Gasteiger partial charge on any atom is 0.0900 e. The molecule has 0 aliphatic rings. The molecule has 0 radical (unpaired) electrons. The predicted molar refractivity (Wildman–Crippen MR) is 83.7 cm³/mol. The van der Waals surface area contributed by atoms with Crippen LogP contribution in [0.3, 0.4) is 0 Å². The van der Waals surface area contributed by atoms with Crippen LogP contribution in [0.25, 0.3) is 0 Å². The van der Waals surface area contributed by atoms with Crippen molar-refractivity contribution in [2.24, 2.45) is 0 Å². The van der Waals surface area contributed by atoms with Gasteiger partial charge in [-0.1, -0.05) is 0 Å². The van der Waals surface area contributed by atoms with Gasteiger partial charge in [0.15, 0.2) is 0 Å². The van der Waals surface area contributed by atoms with Crippen molar-refractivity contribution in [2.75, 3.05) is 6.54 Å². The zero-order chi connectivity index (χ0) is 13.1. The highest BCUT2D eigenvalue weighted by Gasteiger charge is 2.12. The van der Waals surface area contributed by atoms with Gasteiger partial charge < -0.3 is 5.32 Å². The summed E-state index contributed by atoms with van der Waals surface area (Å²) in [6.45, 7) is 7.37. The normalized spacial score (nSPS) is 12.9. The smallest absolute Gasteiger partial charge is 0.0900 e. The van der Waals surface area contributed by atoms with Gasteiger partial charge in [0.25, 0.3) is 0 Å². The molecule has 0 fully saturated rings. The lowest BCUT2D eigenvalue weighted by molar-refractivity contribution is 0.583. The van der Waals surface area contributed by atoms with Gasteiger partial charge in [-0.2, -0.15) is 0 Å². The molecule has 0 bridgehead atoms. The number of thiazole rings is 1. The topological polar surface area (TPSA) is 24.9 Å². The predicted octanol–water partition coefficient (Wildman–Crippen LogP) is 4.48. The van der Waals surface area contributed by atoms with E-state index < -0.39 is 0 Å². The maximum atomic E-state index is 4.48. The highest BCUT2D eigenvalue weighted by molar-refractivity contribution is 9.11. The summed E-state index contributed by atoms with van der Waals surface area (Å²) < 4.78 is 1.21. The monoisotopic (exact) mass is 344 g/mol. The lowest BCUT2D eigenvalue weighted by Gasteiger charge is -2.12. The van der Waals surface area contributed by atoms with E-state index >= 15 is 0 Å². The second-order valence-corrected chi connectivity index (χ2v) is 8.10. The average molecular weight is 345 g/mol. The van der Waals surface area contributed by atoms with Crippen LogP contribution in [0.1, 0.15) is 33.4 Å². The van der Waals surface area contributed by atoms with Crippen molar-refractivity contribution < 1.29 is 0 Å². The van der Waals surface area contributed by atoms with Crippen molar-refractivity contribution in [3.8, 4) is 0 Å². The molecule has 2 rings (SSSR count). The van der Waals surface area contributed by atoms with E-state index in [0.29, 0.717) is 6.04 Å². The Morgan fingerprint density at radius 2 is 2.11 bits per heavy atom. The minimum atomic E-state index is 0.389. The Morgan fingerprint density at radius 3 is 2.67 bits per heavy atom. The Kier molecular flexibility index (Phi) is 4.95. The standard InChI is InChI=1S/C13H17BrN2S2/c1-8(13-9(2)16-10(3)17-13)15-7-6-11-4-5-12(14)18-11/h4-5,8,15H,6-7H2,1-3H3. The molecule has 1 atom stereocenters. The highest BCUT2D eigenvalue weighted by atomic mass is 79.9. The molecule has 0 spiro atoms. The third-order valence-electron chi connectivity index (χ3n) is 2.78. The van der Waals surface area contributed by atoms with Gasteiger partial charge in [0, 0.05) is 22.3 Å². The molecule has 2 nitrogen and oxygen atoms in total. The highest BCUT2D eigenvalue weighted by Crippen LogP contribution is 2.25. The van der Waals surface area contributed by atoms with E-state index in [0.717, 1.165) is 23.7 Å². The quantitative estimate of drug-likeness (QED) is 0.864. The van der Waals surface area contributed by atoms with E-state index in [1.165, 1.54) is 13.5 Å². The third-order valence-corrected chi connectivity index (χ3v) is 5.72. The number of aryl methyl sites for hydroxylation is 2. The molecule has 0 saturated heterocycles. The molecule has 2 aromatic heterocycles. The Balaban J connectivity index is 1.85. The van der Waals surface area contributed by atoms with Gasteiger partial charge in [-0.25, -0.2) is 4.98 Å². The molecule has 98 valence electrons. The maximum absolute atomic E-state index is 4.48. The van der Waals surface area contributed by atoms with Crippen LogP contribution in [0.5, 0.6) is 0 Å². The molecular formula is C13H17BrN2S2. The summed E-state index contributed by atoms with van der Waals surface area (Å²) in [5.74, 6) is 0. The van der Waals surface area contributed by atoms with Crippen LogP contribution in [0.2, 0.25) is 0 Å². The van der Waals surface area contributed by atoms with E-state index in [4.69, 9.17) is 0 Å². The van der Waals surface area contributed by atoms with Gasteiger partial charge in [0.1, 0.15) is 0 Å². The molecule has 18 heavy (non-hydrogen) atoms. The Bertz CT molecular complexity index is 519. The number of thiophene rings is 1. The third kappa shape index (κ3) is 3.63. The fraction of sp³-hybridized carbons (Fsp3) is 0.462. The lowest BCUT2D eigenvalue weighted by Crippen LogP contribution is -2.20. The largest absolute Gasteiger partial charge is 0.309 e. The van der Waals surface area contributed by atoms with E-state index in [2.05, 4.69) is 59.1 Å². The molecular weight excluding hydrogens is 328 g/mol. The van der Waals surface area contributed by atoms with Crippen LogP contribution < -0.4 is 5.32 Å². The number of aromatic nitrogens is 1. The summed E-state index contributed by atoms with van der Waals surface area (Å²) in [4.78, 5) is 7.25. The number of hydrogen-bond donors (Lipinski definition) is 1. The van der Waals surface area contributed by atoms with Crippen molar-refractivity contribution in [1.29, 1.82) is 0 Å². The van der Waals surface area contributed by atoms with Crippen molar-refractivity contribution >= 4 is 38.6 Å². The summed E-state index contributed by atoms with van der Waals surface area (Å²) >= 11 is 7.10. The molecule has 2 heterocycles. The molecule has 0 saturated carbocycles. The van der Waals surface area contributed by atoms with Crippen molar-refractivity contribution in [3.05, 3.63) is 36.4 Å². The number of rotatable bonds is 5. The first-order valence-electron chi connectivity index (χ1n) is 5.98. The van der Waals surface area contributed by atoms with E-state index in [1.807, 2.05) is 11.3 Å². The van der Waals surface area contributed by atoms with Gasteiger partial charge in [-0.15, -0.1) is 22.7 Å². The van der Waals surface area contributed by atoms with E-state index in [9.17, 15) is 0 Å². The van der Waals surface area contributed by atoms with Crippen LogP contribution in [0.4, 0.5) is 0 Å². The molecule has 1 unspecified atom stereocenters. The zero-order valence-corrected chi connectivity index (χ0v) is 14.0. The van der Waals surface area contributed by atoms with Crippen LogP contribution in [-0.2, 0) is 6.42 Å². The Labute approximate surface area is 125 Å². The number of halogens is 1. The van der Waals surface area contributed by atoms with Crippen LogP contribution in [0.15, 0.2) is 15.9 Å². The lowest BCUT2D eigenvalue weighted by atomic mass is 10.2. The summed E-state index contributed by atoms with van der Waals surface area (Å²) in [5, 5.41) is 4.72. The molecule has 1 N–H and O–H groups in total. The fourth-order valence-corrected chi connectivity index (χ4v) is 4.38. The SMILES string of the molecule is Cc1nc(C)c(C(C)NCCc2ccc(Br)s2)s1. The van der Waals surface area contributed by atoms with Crippen LogP contribution in [-0.4, -0.2) is 11.5 Å². The summed E-state index contributed by atoms with van der Waals surface area (Å²) in [7, 11) is 0. The van der Waals surface area contributed by atoms with Gasteiger partial charge >= 0.3 is 0 Å². The first kappa shape index (κ1) is 14.2. The fourth-order valence-electron chi connectivity index (χ4n) is 1.94.